The summed E-state index contributed by atoms with van der Waals surface area (Å²) in [6.07, 6.45) is 3.83. The second-order valence-corrected chi connectivity index (χ2v) is 6.73. The molecule has 2 heterocycles. The fourth-order valence-corrected chi connectivity index (χ4v) is 3.95. The zero-order chi connectivity index (χ0) is 17.4. The molecule has 0 N–H and O–H groups in total. The molecule has 0 unspecified atom stereocenters. The van der Waals surface area contributed by atoms with Crippen molar-refractivity contribution < 1.29 is 14.3 Å². The lowest BCUT2D eigenvalue weighted by Gasteiger charge is -2.31. The van der Waals surface area contributed by atoms with Gasteiger partial charge in [-0.2, -0.15) is 0 Å². The molecule has 1 aliphatic carbocycles. The number of ketones is 1. The highest BCUT2D eigenvalue weighted by atomic mass is 16.5. The van der Waals surface area contributed by atoms with E-state index in [1.165, 1.54) is 0 Å². The van der Waals surface area contributed by atoms with E-state index in [9.17, 15) is 9.59 Å². The highest BCUT2D eigenvalue weighted by Gasteiger charge is 2.52. The smallest absolute Gasteiger partial charge is 0.239 e. The molecule has 5 nitrogen and oxygen atoms in total. The molecule has 2 aromatic rings. The number of rotatable bonds is 3. The van der Waals surface area contributed by atoms with Crippen LogP contribution in [0.3, 0.4) is 0 Å². The molecule has 1 fully saturated rings. The predicted molar refractivity (Wildman–Crippen MR) is 93.6 cm³/mol. The molecule has 1 amide bonds. The van der Waals surface area contributed by atoms with Gasteiger partial charge in [0.25, 0.3) is 0 Å². The van der Waals surface area contributed by atoms with Crippen LogP contribution in [-0.4, -0.2) is 23.8 Å². The molecule has 0 saturated heterocycles. The van der Waals surface area contributed by atoms with Gasteiger partial charge in [-0.1, -0.05) is 18.2 Å². The molecule has 1 spiro atoms. The lowest BCUT2D eigenvalue weighted by molar-refractivity contribution is -0.127. The molecular weight excluding hydrogens is 316 g/mol. The van der Waals surface area contributed by atoms with Crippen LogP contribution >= 0.6 is 0 Å². The third-order valence-corrected chi connectivity index (χ3v) is 5.37. The standard InChI is InChI=1S/C20H20N2O3/c1-25-16-6-4-14(5-7-16)13-22-18-17(3-2-12-21-18)20(19(22)24)10-8-15(23)9-11-20/h2-7,12H,8-11,13H2,1H3. The molecule has 0 radical (unpaired) electrons. The minimum Gasteiger partial charge on any atom is -0.497 e. The quantitative estimate of drug-likeness (QED) is 0.864. The third-order valence-electron chi connectivity index (χ3n) is 5.37. The summed E-state index contributed by atoms with van der Waals surface area (Å²) in [6, 6.07) is 11.6. The van der Waals surface area contributed by atoms with E-state index in [1.807, 2.05) is 36.4 Å². The lowest BCUT2D eigenvalue weighted by atomic mass is 9.70. The van der Waals surface area contributed by atoms with E-state index >= 15 is 0 Å². The molecule has 2 aliphatic rings. The molecule has 5 heteroatoms. The van der Waals surface area contributed by atoms with Crippen LogP contribution in [0.2, 0.25) is 0 Å². The fourth-order valence-electron chi connectivity index (χ4n) is 3.95. The number of benzene rings is 1. The van der Waals surface area contributed by atoms with Crippen molar-refractivity contribution in [3.63, 3.8) is 0 Å². The Morgan fingerprint density at radius 3 is 2.52 bits per heavy atom. The maximum atomic E-state index is 13.3. The molecule has 0 bridgehead atoms. The summed E-state index contributed by atoms with van der Waals surface area (Å²) < 4.78 is 5.19. The van der Waals surface area contributed by atoms with E-state index in [0.717, 1.165) is 22.7 Å². The van der Waals surface area contributed by atoms with Crippen LogP contribution in [0.15, 0.2) is 42.6 Å². The number of anilines is 1. The first-order valence-electron chi connectivity index (χ1n) is 8.56. The van der Waals surface area contributed by atoms with E-state index in [-0.39, 0.29) is 11.7 Å². The Morgan fingerprint density at radius 1 is 1.12 bits per heavy atom. The van der Waals surface area contributed by atoms with Crippen molar-refractivity contribution in [2.24, 2.45) is 0 Å². The normalized spacial score (nSPS) is 18.5. The van der Waals surface area contributed by atoms with Gasteiger partial charge in [-0.25, -0.2) is 4.98 Å². The highest BCUT2D eigenvalue weighted by molar-refractivity contribution is 6.08. The van der Waals surface area contributed by atoms with Crippen molar-refractivity contribution in [3.05, 3.63) is 53.7 Å². The van der Waals surface area contributed by atoms with E-state index in [2.05, 4.69) is 4.98 Å². The number of pyridine rings is 1. The van der Waals surface area contributed by atoms with Gasteiger partial charge >= 0.3 is 0 Å². The number of ether oxygens (including phenoxy) is 1. The number of Topliss-reactive ketones (excluding diaryl/α,β-unsaturated/α-hetero) is 1. The molecule has 1 aromatic carbocycles. The average Bonchev–Trinajstić information content (AvgIpc) is 2.88. The summed E-state index contributed by atoms with van der Waals surface area (Å²) in [5.41, 5.74) is 1.42. The van der Waals surface area contributed by atoms with Gasteiger partial charge in [0.05, 0.1) is 19.1 Å². The van der Waals surface area contributed by atoms with E-state index in [1.54, 1.807) is 18.2 Å². The van der Waals surface area contributed by atoms with Crippen LogP contribution in [0.25, 0.3) is 0 Å². The third kappa shape index (κ3) is 2.51. The summed E-state index contributed by atoms with van der Waals surface area (Å²) >= 11 is 0. The van der Waals surface area contributed by atoms with Gasteiger partial charge in [-0.15, -0.1) is 0 Å². The Labute approximate surface area is 146 Å². The number of aromatic nitrogens is 1. The number of nitrogens with zero attached hydrogens (tertiary/aromatic N) is 2. The monoisotopic (exact) mass is 336 g/mol. The number of fused-ring (bicyclic) bond motifs is 2. The molecule has 25 heavy (non-hydrogen) atoms. The van der Waals surface area contributed by atoms with Gasteiger partial charge in [-0.3, -0.25) is 14.5 Å². The molecule has 1 aliphatic heterocycles. The largest absolute Gasteiger partial charge is 0.497 e. The van der Waals surface area contributed by atoms with Crippen LogP contribution in [0.4, 0.5) is 5.82 Å². The second kappa shape index (κ2) is 5.99. The van der Waals surface area contributed by atoms with Crippen molar-refractivity contribution in [3.8, 4) is 5.75 Å². The molecule has 1 saturated carbocycles. The van der Waals surface area contributed by atoms with Crippen molar-refractivity contribution in [2.45, 2.75) is 37.6 Å². The number of methoxy groups -OCH3 is 1. The summed E-state index contributed by atoms with van der Waals surface area (Å²) in [6.45, 7) is 0.475. The van der Waals surface area contributed by atoms with Gasteiger partial charge in [-0.05, 0) is 36.6 Å². The minimum absolute atomic E-state index is 0.0736. The zero-order valence-electron chi connectivity index (χ0n) is 14.2. The maximum absolute atomic E-state index is 13.3. The van der Waals surface area contributed by atoms with Crippen LogP contribution in [0.1, 0.15) is 36.8 Å². The first kappa shape index (κ1) is 15.8. The maximum Gasteiger partial charge on any atom is 0.239 e. The summed E-state index contributed by atoms with van der Waals surface area (Å²) in [5, 5.41) is 0. The van der Waals surface area contributed by atoms with Crippen LogP contribution < -0.4 is 9.64 Å². The summed E-state index contributed by atoms with van der Waals surface area (Å²) in [7, 11) is 1.63. The number of carbonyl (C=O) groups excluding carboxylic acids is 2. The fraction of sp³-hybridized carbons (Fsp3) is 0.350. The summed E-state index contributed by atoms with van der Waals surface area (Å²) in [5.74, 6) is 1.84. The Hall–Kier alpha value is -2.69. The van der Waals surface area contributed by atoms with Gasteiger partial charge in [0, 0.05) is 24.6 Å². The van der Waals surface area contributed by atoms with E-state index in [0.29, 0.717) is 32.2 Å². The molecule has 128 valence electrons. The first-order valence-corrected chi connectivity index (χ1v) is 8.56. The van der Waals surface area contributed by atoms with Gasteiger partial charge < -0.3 is 4.74 Å². The first-order chi connectivity index (χ1) is 12.1. The second-order valence-electron chi connectivity index (χ2n) is 6.73. The van der Waals surface area contributed by atoms with Crippen molar-refractivity contribution >= 4 is 17.5 Å². The van der Waals surface area contributed by atoms with E-state index < -0.39 is 5.41 Å². The number of amides is 1. The number of hydrogen-bond donors (Lipinski definition) is 0. The lowest BCUT2D eigenvalue weighted by Crippen LogP contribution is -2.42. The predicted octanol–water partition coefficient (Wildman–Crippen LogP) is 3.02. The number of hydrogen-bond acceptors (Lipinski definition) is 4. The average molecular weight is 336 g/mol. The Morgan fingerprint density at radius 2 is 1.84 bits per heavy atom. The van der Waals surface area contributed by atoms with Crippen molar-refractivity contribution in [1.82, 2.24) is 4.98 Å². The zero-order valence-corrected chi connectivity index (χ0v) is 14.2. The van der Waals surface area contributed by atoms with Crippen molar-refractivity contribution in [1.29, 1.82) is 0 Å². The minimum atomic E-state index is -0.579. The molecular formula is C20H20N2O3. The van der Waals surface area contributed by atoms with Crippen LogP contribution in [0.5, 0.6) is 5.75 Å². The van der Waals surface area contributed by atoms with Gasteiger partial charge in [0.2, 0.25) is 5.91 Å². The van der Waals surface area contributed by atoms with E-state index in [4.69, 9.17) is 4.74 Å². The number of carbonyl (C=O) groups is 2. The Balaban J connectivity index is 1.69. The molecule has 0 atom stereocenters. The highest BCUT2D eigenvalue weighted by Crippen LogP contribution is 2.48. The van der Waals surface area contributed by atoms with Crippen LogP contribution in [0, 0.1) is 0 Å². The SMILES string of the molecule is COc1ccc(CN2C(=O)C3(CCC(=O)CC3)c3cccnc32)cc1. The Kier molecular flexibility index (Phi) is 3.79. The Bertz CT molecular complexity index is 819. The van der Waals surface area contributed by atoms with Gasteiger partial charge in [0.15, 0.2) is 0 Å². The van der Waals surface area contributed by atoms with Crippen molar-refractivity contribution in [2.75, 3.05) is 12.0 Å². The van der Waals surface area contributed by atoms with Gasteiger partial charge in [0.1, 0.15) is 17.4 Å². The molecule has 1 aromatic heterocycles. The summed E-state index contributed by atoms with van der Waals surface area (Å²) in [4.78, 5) is 31.3. The van der Waals surface area contributed by atoms with Crippen LogP contribution in [-0.2, 0) is 21.5 Å². The topological polar surface area (TPSA) is 59.5 Å². The molecule has 4 rings (SSSR count).